The Balaban J connectivity index is 2.10. The number of carboxylic acids is 1. The maximum atomic E-state index is 11.8. The van der Waals surface area contributed by atoms with E-state index in [0.717, 1.165) is 0 Å². The van der Waals surface area contributed by atoms with Crippen molar-refractivity contribution in [3.63, 3.8) is 0 Å². The van der Waals surface area contributed by atoms with Crippen molar-refractivity contribution in [3.8, 4) is 5.82 Å². The van der Waals surface area contributed by atoms with E-state index in [1.807, 2.05) is 0 Å². The zero-order valence-corrected chi connectivity index (χ0v) is 10.3. The minimum Gasteiger partial charge on any atom is -0.480 e. The van der Waals surface area contributed by atoms with E-state index in [1.54, 1.807) is 29.4 Å². The molecule has 1 atom stereocenters. The third-order valence-corrected chi connectivity index (χ3v) is 2.56. The van der Waals surface area contributed by atoms with E-state index in [0.29, 0.717) is 5.82 Å². The van der Waals surface area contributed by atoms with Crippen LogP contribution in [0.2, 0.25) is 0 Å². The van der Waals surface area contributed by atoms with E-state index in [9.17, 15) is 9.59 Å². The first-order valence-electron chi connectivity index (χ1n) is 5.70. The molecule has 3 N–H and O–H groups in total. The van der Waals surface area contributed by atoms with Gasteiger partial charge < -0.3 is 15.5 Å². The molecule has 8 nitrogen and oxygen atoms in total. The van der Waals surface area contributed by atoms with Crippen molar-refractivity contribution < 1.29 is 19.8 Å². The molecule has 8 heteroatoms. The Bertz CT molecular complexity index is 594. The first-order chi connectivity index (χ1) is 9.61. The highest BCUT2D eigenvalue weighted by atomic mass is 16.4. The molecule has 0 aromatic carbocycles. The lowest BCUT2D eigenvalue weighted by molar-refractivity contribution is -0.140. The van der Waals surface area contributed by atoms with Gasteiger partial charge >= 0.3 is 5.97 Å². The quantitative estimate of drug-likeness (QED) is 0.674. The molecule has 1 amide bonds. The van der Waals surface area contributed by atoms with Crippen molar-refractivity contribution in [2.75, 3.05) is 6.61 Å². The second kappa shape index (κ2) is 5.93. The molecule has 2 aromatic heterocycles. The topological polar surface area (TPSA) is 117 Å². The zero-order chi connectivity index (χ0) is 14.5. The Morgan fingerprint density at radius 3 is 2.70 bits per heavy atom. The highest BCUT2D eigenvalue weighted by molar-refractivity contribution is 5.96. The molecule has 0 aliphatic heterocycles. The number of nitrogens with zero attached hydrogens (tertiary/aromatic N) is 3. The van der Waals surface area contributed by atoms with Crippen LogP contribution in [0.15, 0.2) is 37.1 Å². The van der Waals surface area contributed by atoms with Gasteiger partial charge in [-0.25, -0.2) is 14.8 Å². The van der Waals surface area contributed by atoms with Crippen LogP contribution in [0.4, 0.5) is 0 Å². The van der Waals surface area contributed by atoms with Crippen molar-refractivity contribution in [2.45, 2.75) is 6.04 Å². The van der Waals surface area contributed by atoms with E-state index in [4.69, 9.17) is 10.2 Å². The average molecular weight is 276 g/mol. The third-order valence-electron chi connectivity index (χ3n) is 2.56. The molecular formula is C12H12N4O4. The van der Waals surface area contributed by atoms with Crippen LogP contribution >= 0.6 is 0 Å². The fraction of sp³-hybridized carbons (Fsp3) is 0.167. The predicted octanol–water partition coefficient (Wildman–Crippen LogP) is -0.557. The van der Waals surface area contributed by atoms with Gasteiger partial charge in [0.05, 0.1) is 12.2 Å². The van der Waals surface area contributed by atoms with Crippen molar-refractivity contribution >= 4 is 11.9 Å². The lowest BCUT2D eigenvalue weighted by atomic mass is 10.2. The Morgan fingerprint density at radius 2 is 2.20 bits per heavy atom. The smallest absolute Gasteiger partial charge is 0.328 e. The number of nitrogens with one attached hydrogen (secondary N) is 1. The molecule has 0 aliphatic rings. The molecule has 0 unspecified atom stereocenters. The number of aliphatic hydroxyl groups excluding tert-OH is 1. The number of rotatable bonds is 5. The number of hydrogen-bond donors (Lipinski definition) is 3. The van der Waals surface area contributed by atoms with Crippen LogP contribution in [0.5, 0.6) is 0 Å². The van der Waals surface area contributed by atoms with Crippen molar-refractivity contribution in [2.24, 2.45) is 0 Å². The number of hydrogen-bond acceptors (Lipinski definition) is 5. The number of carbonyl (C=O) groups is 2. The zero-order valence-electron chi connectivity index (χ0n) is 10.3. The lowest BCUT2D eigenvalue weighted by Crippen LogP contribution is -2.43. The van der Waals surface area contributed by atoms with E-state index in [1.165, 1.54) is 12.3 Å². The van der Waals surface area contributed by atoms with E-state index < -0.39 is 24.5 Å². The molecule has 0 saturated heterocycles. The monoisotopic (exact) mass is 276 g/mol. The molecule has 2 heterocycles. The van der Waals surface area contributed by atoms with Gasteiger partial charge in [-0.15, -0.1) is 0 Å². The number of aliphatic hydroxyl groups is 1. The van der Waals surface area contributed by atoms with Crippen LogP contribution in [-0.4, -0.2) is 49.3 Å². The molecule has 0 saturated carbocycles. The van der Waals surface area contributed by atoms with Gasteiger partial charge in [0.1, 0.15) is 12.1 Å². The summed E-state index contributed by atoms with van der Waals surface area (Å²) in [6, 6.07) is 1.77. The Labute approximate surface area is 113 Å². The van der Waals surface area contributed by atoms with Crippen molar-refractivity contribution in [3.05, 3.63) is 42.6 Å². The summed E-state index contributed by atoms with van der Waals surface area (Å²) in [5.41, 5.74) is 0.202. The predicted molar refractivity (Wildman–Crippen MR) is 67.3 cm³/mol. The minimum atomic E-state index is -1.34. The van der Waals surface area contributed by atoms with Crippen molar-refractivity contribution in [1.82, 2.24) is 19.9 Å². The summed E-state index contributed by atoms with van der Waals surface area (Å²) in [7, 11) is 0. The Hall–Kier alpha value is -2.74. The summed E-state index contributed by atoms with van der Waals surface area (Å²) in [6.45, 7) is -0.679. The fourth-order valence-electron chi connectivity index (χ4n) is 1.49. The third kappa shape index (κ3) is 2.98. The molecule has 2 aromatic rings. The number of aromatic nitrogens is 3. The normalized spacial score (nSPS) is 11.8. The van der Waals surface area contributed by atoms with Gasteiger partial charge in [0.25, 0.3) is 5.91 Å². The SMILES string of the molecule is O=C(N[C@H](CO)C(=O)O)c1ccc(-n2ccnc2)nc1. The van der Waals surface area contributed by atoms with Gasteiger partial charge in [0, 0.05) is 18.6 Å². The first-order valence-corrected chi connectivity index (χ1v) is 5.70. The van der Waals surface area contributed by atoms with Gasteiger partial charge in [0.15, 0.2) is 6.04 Å². The standard InChI is InChI=1S/C12H12N4O4/c17-6-9(12(19)20)15-11(18)8-1-2-10(14-5-8)16-4-3-13-7-16/h1-5,7,9,17H,6H2,(H,15,18)(H,19,20)/t9-/m1/s1. The van der Waals surface area contributed by atoms with E-state index in [2.05, 4.69) is 15.3 Å². The van der Waals surface area contributed by atoms with Crippen LogP contribution in [0.25, 0.3) is 5.82 Å². The summed E-state index contributed by atoms with van der Waals surface area (Å²) < 4.78 is 1.66. The second-order valence-corrected chi connectivity index (χ2v) is 3.92. The first kappa shape index (κ1) is 13.7. The van der Waals surface area contributed by atoms with Crippen LogP contribution < -0.4 is 5.32 Å². The molecular weight excluding hydrogens is 264 g/mol. The lowest BCUT2D eigenvalue weighted by Gasteiger charge is -2.11. The van der Waals surface area contributed by atoms with Crippen LogP contribution in [-0.2, 0) is 4.79 Å². The average Bonchev–Trinajstić information content (AvgIpc) is 2.98. The molecule has 2 rings (SSSR count). The minimum absolute atomic E-state index is 0.202. The summed E-state index contributed by atoms with van der Waals surface area (Å²) in [4.78, 5) is 30.4. The molecule has 0 radical (unpaired) electrons. The Kier molecular flexibility index (Phi) is 4.06. The van der Waals surface area contributed by atoms with Gasteiger partial charge in [-0.2, -0.15) is 0 Å². The van der Waals surface area contributed by atoms with Crippen molar-refractivity contribution in [1.29, 1.82) is 0 Å². The summed E-state index contributed by atoms with van der Waals surface area (Å²) >= 11 is 0. The largest absolute Gasteiger partial charge is 0.480 e. The summed E-state index contributed by atoms with van der Waals surface area (Å²) in [5.74, 6) is -1.34. The van der Waals surface area contributed by atoms with Crippen LogP contribution in [0.3, 0.4) is 0 Å². The van der Waals surface area contributed by atoms with Gasteiger partial charge in [-0.05, 0) is 12.1 Å². The molecule has 0 fully saturated rings. The molecule has 104 valence electrons. The van der Waals surface area contributed by atoms with Gasteiger partial charge in [-0.3, -0.25) is 9.36 Å². The number of carboxylic acid groups (broad SMARTS) is 1. The highest BCUT2D eigenvalue weighted by Crippen LogP contribution is 2.05. The van der Waals surface area contributed by atoms with Crippen LogP contribution in [0, 0.1) is 0 Å². The number of aliphatic carboxylic acids is 1. The summed E-state index contributed by atoms with van der Waals surface area (Å²) in [6.07, 6.45) is 6.19. The van der Waals surface area contributed by atoms with Crippen LogP contribution in [0.1, 0.15) is 10.4 Å². The number of carbonyl (C=O) groups excluding carboxylic acids is 1. The Morgan fingerprint density at radius 1 is 1.40 bits per heavy atom. The molecule has 0 spiro atoms. The maximum Gasteiger partial charge on any atom is 0.328 e. The molecule has 0 aliphatic carbocycles. The number of imidazole rings is 1. The van der Waals surface area contributed by atoms with E-state index >= 15 is 0 Å². The number of amides is 1. The fourth-order valence-corrected chi connectivity index (χ4v) is 1.49. The maximum absolute atomic E-state index is 11.8. The highest BCUT2D eigenvalue weighted by Gasteiger charge is 2.19. The second-order valence-electron chi connectivity index (χ2n) is 3.92. The van der Waals surface area contributed by atoms with Gasteiger partial charge in [-0.1, -0.05) is 0 Å². The van der Waals surface area contributed by atoms with Gasteiger partial charge in [0.2, 0.25) is 0 Å². The van der Waals surface area contributed by atoms with E-state index in [-0.39, 0.29) is 5.56 Å². The summed E-state index contributed by atoms with van der Waals surface area (Å²) in [5, 5.41) is 19.8. The number of pyridine rings is 1. The molecule has 20 heavy (non-hydrogen) atoms. The molecule has 0 bridgehead atoms.